The lowest BCUT2D eigenvalue weighted by molar-refractivity contribution is 0.669. The second-order valence-electron chi connectivity index (χ2n) is 25.6. The molecule has 12 heteroatoms. The van der Waals surface area contributed by atoms with Crippen molar-refractivity contribution < 1.29 is 8.83 Å². The van der Waals surface area contributed by atoms with Crippen molar-refractivity contribution in [2.24, 2.45) is 0 Å². The van der Waals surface area contributed by atoms with E-state index >= 15 is 0 Å². The number of aromatic nitrogens is 8. The van der Waals surface area contributed by atoms with E-state index in [2.05, 4.69) is 149 Å². The number of nitrogens with zero attached hydrogens (tertiary/aromatic N) is 10. The molecule has 484 valence electrons. The minimum atomic E-state index is 0.559. The summed E-state index contributed by atoms with van der Waals surface area (Å²) in [6, 6.07) is 115. The van der Waals surface area contributed by atoms with Crippen LogP contribution in [0.2, 0.25) is 0 Å². The van der Waals surface area contributed by atoms with Crippen LogP contribution in [0.5, 0.6) is 0 Å². The molecule has 6 aromatic heterocycles. The zero-order chi connectivity index (χ0) is 69.2. The first-order valence-corrected chi connectivity index (χ1v) is 34.2. The van der Waals surface area contributed by atoms with Crippen LogP contribution in [0.3, 0.4) is 0 Å². The maximum Gasteiger partial charge on any atom is 0.164 e. The second-order valence-corrected chi connectivity index (χ2v) is 25.6. The quantitative estimate of drug-likeness (QED) is 0.129. The van der Waals surface area contributed by atoms with E-state index in [1.165, 1.54) is 0 Å². The molecule has 0 unspecified atom stereocenters. The Kier molecular flexibility index (Phi) is 14.7. The Balaban J connectivity index is 0.000000143. The number of fused-ring (bicyclic) bond motifs is 13. The third-order valence-electron chi connectivity index (χ3n) is 19.3. The van der Waals surface area contributed by atoms with Gasteiger partial charge < -0.3 is 18.0 Å². The van der Waals surface area contributed by atoms with Crippen LogP contribution in [0, 0.1) is 22.7 Å². The molecule has 0 atom stereocenters. The van der Waals surface area contributed by atoms with Gasteiger partial charge in [0.05, 0.1) is 50.7 Å². The van der Waals surface area contributed by atoms with Crippen LogP contribution in [0.25, 0.3) is 189 Å². The number of hydrogen-bond donors (Lipinski definition) is 0. The zero-order valence-corrected chi connectivity index (χ0v) is 55.5. The van der Waals surface area contributed by atoms with Crippen molar-refractivity contribution in [1.82, 2.24) is 39.0 Å². The molecule has 0 radical (unpaired) electrons. The van der Waals surface area contributed by atoms with Crippen molar-refractivity contribution in [1.29, 1.82) is 10.5 Å². The predicted molar refractivity (Wildman–Crippen MR) is 416 cm³/mol. The van der Waals surface area contributed by atoms with E-state index in [1.54, 1.807) is 0 Å². The SMILES string of the molecule is N#Cc1ccc(-c2cc(-c3nc(-c4ccccc4)nc(-c4ccccc4)n3)cc(-n3c4ccccc4c4cc5oc6ccccc6c5cc43)c2)cc1.N#Cc1ccc(-c2cc(-c3nc(-c4ccccc4)nc(-c4ccccc4)n3)cc(-n3c4ccccc4c4ccc5oc6ccccc6c5c43)c2)cc1. The normalized spacial score (nSPS) is 11.4. The molecule has 104 heavy (non-hydrogen) atoms. The van der Waals surface area contributed by atoms with Crippen LogP contribution < -0.4 is 0 Å². The largest absolute Gasteiger partial charge is 0.456 e. The van der Waals surface area contributed by atoms with Gasteiger partial charge in [-0.1, -0.05) is 218 Å². The lowest BCUT2D eigenvalue weighted by Gasteiger charge is -2.15. The van der Waals surface area contributed by atoms with E-state index in [1.807, 2.05) is 200 Å². The summed E-state index contributed by atoms with van der Waals surface area (Å²) in [6.07, 6.45) is 0. The van der Waals surface area contributed by atoms with Gasteiger partial charge in [0.1, 0.15) is 22.3 Å². The fourth-order valence-electron chi connectivity index (χ4n) is 14.4. The second kappa shape index (κ2) is 25.2. The number of nitriles is 2. The van der Waals surface area contributed by atoms with E-state index in [4.69, 9.17) is 38.7 Å². The first-order valence-electron chi connectivity index (χ1n) is 34.2. The minimum absolute atomic E-state index is 0.559. The number of para-hydroxylation sites is 4. The monoisotopic (exact) mass is 1330 g/mol. The highest BCUT2D eigenvalue weighted by Crippen LogP contribution is 2.44. The molecule has 20 aromatic rings. The molecule has 0 bridgehead atoms. The van der Waals surface area contributed by atoms with Crippen LogP contribution in [-0.4, -0.2) is 39.0 Å². The number of rotatable bonds is 10. The highest BCUT2D eigenvalue weighted by Gasteiger charge is 2.24. The summed E-state index contributed by atoms with van der Waals surface area (Å²) in [7, 11) is 0. The van der Waals surface area contributed by atoms with Gasteiger partial charge >= 0.3 is 0 Å². The van der Waals surface area contributed by atoms with Gasteiger partial charge in [0, 0.05) is 82.5 Å². The number of furan rings is 2. The number of hydrogen-bond acceptors (Lipinski definition) is 10. The molecule has 0 amide bonds. The molecule has 14 aromatic carbocycles. The molecule has 12 nitrogen and oxygen atoms in total. The van der Waals surface area contributed by atoms with Gasteiger partial charge in [-0.05, 0) is 131 Å². The molecule has 0 N–H and O–H groups in total. The first-order chi connectivity index (χ1) is 51.4. The summed E-state index contributed by atoms with van der Waals surface area (Å²) < 4.78 is 17.4. The van der Waals surface area contributed by atoms with Crippen molar-refractivity contribution in [3.8, 4) is 114 Å². The summed E-state index contributed by atoms with van der Waals surface area (Å²) in [5.74, 6) is 3.51. The summed E-state index contributed by atoms with van der Waals surface area (Å²) >= 11 is 0. The van der Waals surface area contributed by atoms with Gasteiger partial charge in [0.2, 0.25) is 0 Å². The van der Waals surface area contributed by atoms with Crippen molar-refractivity contribution in [3.05, 3.63) is 339 Å². The van der Waals surface area contributed by atoms with E-state index in [9.17, 15) is 10.5 Å². The molecule has 20 rings (SSSR count). The van der Waals surface area contributed by atoms with E-state index in [-0.39, 0.29) is 0 Å². The predicted octanol–water partition coefficient (Wildman–Crippen LogP) is 22.8. The molecular formula is C92H54N10O2. The van der Waals surface area contributed by atoms with Gasteiger partial charge in [-0.2, -0.15) is 10.5 Å². The van der Waals surface area contributed by atoms with Crippen molar-refractivity contribution in [2.75, 3.05) is 0 Å². The number of benzene rings is 14. The van der Waals surface area contributed by atoms with Crippen LogP contribution >= 0.6 is 0 Å². The third kappa shape index (κ3) is 10.7. The summed E-state index contributed by atoms with van der Waals surface area (Å²) in [4.78, 5) is 30.3. The molecule has 6 heterocycles. The Hall–Kier alpha value is -14.7. The zero-order valence-electron chi connectivity index (χ0n) is 55.5. The van der Waals surface area contributed by atoms with Crippen molar-refractivity contribution in [3.63, 3.8) is 0 Å². The van der Waals surface area contributed by atoms with Crippen LogP contribution in [0.4, 0.5) is 0 Å². The Morgan fingerprint density at radius 1 is 0.231 bits per heavy atom. The molecule has 0 aliphatic rings. The van der Waals surface area contributed by atoms with E-state index in [0.29, 0.717) is 46.1 Å². The van der Waals surface area contributed by atoms with Crippen LogP contribution in [0.15, 0.2) is 336 Å². The Labute approximate surface area is 595 Å². The van der Waals surface area contributed by atoms with Gasteiger partial charge in [0.15, 0.2) is 34.9 Å². The molecular weight excluding hydrogens is 1280 g/mol. The maximum atomic E-state index is 9.56. The molecule has 0 aliphatic carbocycles. The van der Waals surface area contributed by atoms with Crippen LogP contribution in [-0.2, 0) is 0 Å². The summed E-state index contributed by atoms with van der Waals surface area (Å²) in [6.45, 7) is 0. The Morgan fingerprint density at radius 2 is 0.606 bits per heavy atom. The van der Waals surface area contributed by atoms with Crippen LogP contribution in [0.1, 0.15) is 11.1 Å². The van der Waals surface area contributed by atoms with E-state index in [0.717, 1.165) is 154 Å². The highest BCUT2D eigenvalue weighted by molar-refractivity contribution is 6.25. The first kappa shape index (κ1) is 60.5. The van der Waals surface area contributed by atoms with Gasteiger partial charge in [0.25, 0.3) is 0 Å². The lowest BCUT2D eigenvalue weighted by atomic mass is 10.00. The third-order valence-corrected chi connectivity index (χ3v) is 19.3. The molecule has 0 aliphatic heterocycles. The Morgan fingerprint density at radius 3 is 1.09 bits per heavy atom. The van der Waals surface area contributed by atoms with Gasteiger partial charge in [-0.15, -0.1) is 0 Å². The lowest BCUT2D eigenvalue weighted by Crippen LogP contribution is -2.02. The topological polar surface area (TPSA) is 161 Å². The molecule has 0 saturated heterocycles. The summed E-state index contributed by atoms with van der Waals surface area (Å²) in [5, 5.41) is 27.9. The fourth-order valence-corrected chi connectivity index (χ4v) is 14.4. The maximum absolute atomic E-state index is 9.56. The minimum Gasteiger partial charge on any atom is -0.456 e. The van der Waals surface area contributed by atoms with Gasteiger partial charge in [-0.3, -0.25) is 0 Å². The average Bonchev–Trinajstić information content (AvgIpc) is 1.58. The van der Waals surface area contributed by atoms with Crippen molar-refractivity contribution >= 4 is 87.5 Å². The standard InChI is InChI=1S/2C46H27N5O/c47-28-29-19-21-30(22-20-29)33-23-34(46-49-44(31-11-3-1-4-12-31)48-45(50-46)32-13-5-2-6-14-32)25-35(24-33)51-40-17-9-7-15-36(40)38-27-43-39(26-41(38)51)37-16-8-10-18-42(37)52-43;47-28-29-19-21-30(22-20-29)33-25-34(46-49-44(31-11-3-1-4-12-31)48-45(50-46)32-13-5-2-6-14-32)27-35(26-33)51-39-17-9-7-15-36(39)37-23-24-41-42(43(37)51)38-16-8-10-18-40(38)52-41/h2*1-27H. The fraction of sp³-hybridized carbons (Fsp3) is 0. The smallest absolute Gasteiger partial charge is 0.164 e. The average molecular weight is 1330 g/mol. The van der Waals surface area contributed by atoms with Gasteiger partial charge in [-0.25, -0.2) is 29.9 Å². The van der Waals surface area contributed by atoms with E-state index < -0.39 is 0 Å². The summed E-state index contributed by atoms with van der Waals surface area (Å²) in [5.41, 5.74) is 20.0. The molecule has 0 spiro atoms. The Bertz CT molecular complexity index is 6740. The molecule has 0 fully saturated rings. The highest BCUT2D eigenvalue weighted by atomic mass is 16.3. The molecule has 0 saturated carbocycles. The van der Waals surface area contributed by atoms with Crippen molar-refractivity contribution in [2.45, 2.75) is 0 Å².